The number of aromatic nitrogens is 4. The van der Waals surface area contributed by atoms with Crippen molar-refractivity contribution in [2.24, 2.45) is 0 Å². The summed E-state index contributed by atoms with van der Waals surface area (Å²) in [7, 11) is 1.85. The average Bonchev–Trinajstić information content (AvgIpc) is 2.81. The van der Waals surface area contributed by atoms with Crippen molar-refractivity contribution < 1.29 is 0 Å². The first kappa shape index (κ1) is 12.3. The van der Waals surface area contributed by atoms with E-state index in [1.165, 1.54) is 23.3 Å². The van der Waals surface area contributed by atoms with Gasteiger partial charge in [-0.25, -0.2) is 15.0 Å². The summed E-state index contributed by atoms with van der Waals surface area (Å²) in [6.07, 6.45) is 1.55. The van der Waals surface area contributed by atoms with Crippen molar-refractivity contribution in [3.63, 3.8) is 0 Å². The van der Waals surface area contributed by atoms with Crippen molar-refractivity contribution in [2.45, 2.75) is 29.1 Å². The van der Waals surface area contributed by atoms with Gasteiger partial charge in [0.15, 0.2) is 4.34 Å². The summed E-state index contributed by atoms with van der Waals surface area (Å²) >= 11 is 2.88. The number of nitrogens with zero attached hydrogens (tertiary/aromatic N) is 4. The third-order valence-corrected chi connectivity index (χ3v) is 3.66. The minimum Gasteiger partial charge on any atom is -0.373 e. The molecule has 0 radical (unpaired) electrons. The molecule has 2 rings (SSSR count). The molecule has 1 N–H and O–H groups in total. The second-order valence-corrected chi connectivity index (χ2v) is 5.71. The van der Waals surface area contributed by atoms with Crippen LogP contribution in [-0.4, -0.2) is 26.4 Å². The normalized spacial score (nSPS) is 10.8. The van der Waals surface area contributed by atoms with E-state index in [-0.39, 0.29) is 0 Å². The van der Waals surface area contributed by atoms with E-state index in [0.717, 1.165) is 21.0 Å². The lowest BCUT2D eigenvalue weighted by Crippen LogP contribution is -2.02. The first-order chi connectivity index (χ1) is 8.19. The molecule has 90 valence electrons. The molecule has 0 spiro atoms. The largest absolute Gasteiger partial charge is 0.373 e. The van der Waals surface area contributed by atoms with E-state index < -0.39 is 0 Å². The topological polar surface area (TPSA) is 63.6 Å². The van der Waals surface area contributed by atoms with Gasteiger partial charge in [-0.3, -0.25) is 0 Å². The van der Waals surface area contributed by atoms with E-state index in [1.54, 1.807) is 6.33 Å². The monoisotopic (exact) mass is 267 g/mol. The Labute approximate surface area is 108 Å². The third kappa shape index (κ3) is 3.13. The molecule has 0 aromatic carbocycles. The van der Waals surface area contributed by atoms with Gasteiger partial charge in [-0.05, 0) is 23.3 Å². The van der Waals surface area contributed by atoms with Gasteiger partial charge in [0.2, 0.25) is 0 Å². The summed E-state index contributed by atoms with van der Waals surface area (Å²) in [6.45, 7) is 4.16. The lowest BCUT2D eigenvalue weighted by Gasteiger charge is -2.08. The van der Waals surface area contributed by atoms with Crippen LogP contribution in [0.4, 0.5) is 5.82 Å². The molecule has 0 aliphatic carbocycles. The quantitative estimate of drug-likeness (QED) is 0.859. The van der Waals surface area contributed by atoms with Crippen molar-refractivity contribution in [3.05, 3.63) is 18.2 Å². The third-order valence-electron chi connectivity index (χ3n) is 2.03. The Morgan fingerprint density at radius 1 is 1.35 bits per heavy atom. The maximum Gasteiger partial charge on any atom is 0.175 e. The minimum absolute atomic E-state index is 0.303. The molecule has 0 aliphatic rings. The highest BCUT2D eigenvalue weighted by Gasteiger charge is 2.09. The summed E-state index contributed by atoms with van der Waals surface area (Å²) in [5.74, 6) is 1.97. The van der Waals surface area contributed by atoms with E-state index in [9.17, 15) is 0 Å². The molecular formula is C10H13N5S2. The number of rotatable bonds is 4. The molecule has 0 saturated heterocycles. The molecule has 0 unspecified atom stereocenters. The van der Waals surface area contributed by atoms with Crippen molar-refractivity contribution in [1.29, 1.82) is 0 Å². The predicted octanol–water partition coefficient (Wildman–Crippen LogP) is 2.64. The van der Waals surface area contributed by atoms with Crippen LogP contribution in [0.2, 0.25) is 0 Å². The molecule has 0 atom stereocenters. The van der Waals surface area contributed by atoms with Crippen LogP contribution < -0.4 is 5.32 Å². The molecule has 0 fully saturated rings. The van der Waals surface area contributed by atoms with Gasteiger partial charge in [-0.15, -0.1) is 0 Å². The Balaban J connectivity index is 2.29. The maximum absolute atomic E-state index is 4.51. The van der Waals surface area contributed by atoms with E-state index in [4.69, 9.17) is 0 Å². The second-order valence-electron chi connectivity index (χ2n) is 3.66. The molecule has 5 nitrogen and oxygen atoms in total. The fourth-order valence-corrected chi connectivity index (χ4v) is 2.58. The van der Waals surface area contributed by atoms with Crippen LogP contribution in [0.15, 0.2) is 21.8 Å². The Morgan fingerprint density at radius 2 is 2.18 bits per heavy atom. The summed E-state index contributed by atoms with van der Waals surface area (Å²) in [5, 5.41) is 3.94. The van der Waals surface area contributed by atoms with Gasteiger partial charge in [0, 0.05) is 19.0 Å². The van der Waals surface area contributed by atoms with Crippen LogP contribution in [-0.2, 0) is 0 Å². The van der Waals surface area contributed by atoms with Gasteiger partial charge in [0.25, 0.3) is 0 Å². The van der Waals surface area contributed by atoms with Crippen molar-refractivity contribution >= 4 is 29.1 Å². The smallest absolute Gasteiger partial charge is 0.175 e. The van der Waals surface area contributed by atoms with Crippen LogP contribution in [0, 0.1) is 0 Å². The molecule has 7 heteroatoms. The summed E-state index contributed by atoms with van der Waals surface area (Å²) in [6, 6.07) is 1.91. The minimum atomic E-state index is 0.303. The first-order valence-electron chi connectivity index (χ1n) is 5.20. The van der Waals surface area contributed by atoms with Gasteiger partial charge >= 0.3 is 0 Å². The highest BCUT2D eigenvalue weighted by atomic mass is 32.2. The first-order valence-corrected chi connectivity index (χ1v) is 6.79. The highest BCUT2D eigenvalue weighted by Crippen LogP contribution is 2.28. The number of anilines is 1. The van der Waals surface area contributed by atoms with Gasteiger partial charge in [0.05, 0.1) is 0 Å². The van der Waals surface area contributed by atoms with Crippen LogP contribution in [0.3, 0.4) is 0 Å². The number of nitrogens with one attached hydrogen (secondary N) is 1. The zero-order valence-corrected chi connectivity index (χ0v) is 11.5. The lowest BCUT2D eigenvalue weighted by atomic mass is 10.2. The predicted molar refractivity (Wildman–Crippen MR) is 69.7 cm³/mol. The Hall–Kier alpha value is -1.21. The molecule has 2 aromatic rings. The van der Waals surface area contributed by atoms with E-state index in [1.807, 2.05) is 13.1 Å². The van der Waals surface area contributed by atoms with Crippen LogP contribution in [0.25, 0.3) is 0 Å². The molecule has 0 aliphatic heterocycles. The molecule has 2 heterocycles. The fourth-order valence-electron chi connectivity index (χ4n) is 1.18. The average molecular weight is 267 g/mol. The Morgan fingerprint density at radius 3 is 2.76 bits per heavy atom. The molecule has 0 amide bonds. The van der Waals surface area contributed by atoms with Gasteiger partial charge in [0.1, 0.15) is 23.0 Å². The fraction of sp³-hybridized carbons (Fsp3) is 0.400. The maximum atomic E-state index is 4.51. The molecule has 2 aromatic heterocycles. The molecular weight excluding hydrogens is 254 g/mol. The standard InChI is InChI=1S/C10H13N5S2/c1-6(2)9-14-7(11-3)4-8(15-9)16-10-12-5-13-17-10/h4-6H,1-3H3,(H,11,14,15). The van der Waals surface area contributed by atoms with E-state index in [2.05, 4.69) is 38.5 Å². The van der Waals surface area contributed by atoms with E-state index >= 15 is 0 Å². The van der Waals surface area contributed by atoms with Gasteiger partial charge in [-0.1, -0.05) is 13.8 Å². The van der Waals surface area contributed by atoms with Crippen LogP contribution in [0.5, 0.6) is 0 Å². The zero-order valence-electron chi connectivity index (χ0n) is 9.84. The van der Waals surface area contributed by atoms with Crippen molar-refractivity contribution in [1.82, 2.24) is 19.3 Å². The summed E-state index contributed by atoms with van der Waals surface area (Å²) in [5.41, 5.74) is 0. The summed E-state index contributed by atoms with van der Waals surface area (Å²) < 4.78 is 4.86. The van der Waals surface area contributed by atoms with Crippen LogP contribution in [0.1, 0.15) is 25.6 Å². The Kier molecular flexibility index (Phi) is 3.90. The molecule has 0 bridgehead atoms. The molecule has 17 heavy (non-hydrogen) atoms. The van der Waals surface area contributed by atoms with Gasteiger partial charge < -0.3 is 5.32 Å². The van der Waals surface area contributed by atoms with E-state index in [0.29, 0.717) is 5.92 Å². The highest BCUT2D eigenvalue weighted by molar-refractivity contribution is 8.00. The zero-order chi connectivity index (χ0) is 12.3. The van der Waals surface area contributed by atoms with Crippen molar-refractivity contribution in [3.8, 4) is 0 Å². The lowest BCUT2D eigenvalue weighted by molar-refractivity contribution is 0.755. The Bertz CT molecular complexity index is 483. The second kappa shape index (κ2) is 5.42. The van der Waals surface area contributed by atoms with Gasteiger partial charge in [-0.2, -0.15) is 4.37 Å². The SMILES string of the molecule is CNc1cc(Sc2ncns2)nc(C(C)C)n1. The summed E-state index contributed by atoms with van der Waals surface area (Å²) in [4.78, 5) is 13.1. The molecule has 0 saturated carbocycles. The number of hydrogen-bond acceptors (Lipinski definition) is 7. The number of hydrogen-bond donors (Lipinski definition) is 1. The van der Waals surface area contributed by atoms with Crippen LogP contribution >= 0.6 is 23.3 Å². The van der Waals surface area contributed by atoms with Crippen molar-refractivity contribution in [2.75, 3.05) is 12.4 Å².